The van der Waals surface area contributed by atoms with Crippen molar-refractivity contribution >= 4 is 10.9 Å². The Bertz CT molecular complexity index is 827. The number of aromatic nitrogens is 1. The first-order valence-corrected chi connectivity index (χ1v) is 8.31. The molecule has 2 heteroatoms. The summed E-state index contributed by atoms with van der Waals surface area (Å²) < 4.78 is 5.54. The second-order valence-electron chi connectivity index (χ2n) is 6.76. The van der Waals surface area contributed by atoms with Gasteiger partial charge in [0.1, 0.15) is 5.75 Å². The molecule has 0 aliphatic rings. The third-order valence-corrected chi connectivity index (χ3v) is 4.50. The molecule has 2 aromatic carbocycles. The van der Waals surface area contributed by atoms with Crippen LogP contribution in [0.5, 0.6) is 5.75 Å². The molecule has 0 atom stereocenters. The first-order valence-electron chi connectivity index (χ1n) is 8.31. The average molecular weight is 307 g/mol. The van der Waals surface area contributed by atoms with Crippen LogP contribution in [0.25, 0.3) is 22.2 Å². The van der Waals surface area contributed by atoms with Crippen molar-refractivity contribution in [2.75, 3.05) is 7.11 Å². The van der Waals surface area contributed by atoms with Gasteiger partial charge in [0.25, 0.3) is 0 Å². The normalized spacial score (nSPS) is 11.6. The molecule has 0 unspecified atom stereocenters. The molecule has 3 aromatic rings. The van der Waals surface area contributed by atoms with Gasteiger partial charge in [-0.1, -0.05) is 52.0 Å². The Morgan fingerprint density at radius 2 is 1.70 bits per heavy atom. The van der Waals surface area contributed by atoms with E-state index in [0.717, 1.165) is 17.0 Å². The van der Waals surface area contributed by atoms with Crippen LogP contribution in [0.1, 0.15) is 50.7 Å². The number of H-pyrrole nitrogens is 1. The van der Waals surface area contributed by atoms with Crippen molar-refractivity contribution in [3.05, 3.63) is 53.6 Å². The zero-order chi connectivity index (χ0) is 16.6. The van der Waals surface area contributed by atoms with Crippen LogP contribution in [0.4, 0.5) is 0 Å². The molecular formula is C21H25NO. The molecule has 1 heterocycles. The van der Waals surface area contributed by atoms with Crippen molar-refractivity contribution in [2.45, 2.75) is 39.5 Å². The molecule has 23 heavy (non-hydrogen) atoms. The number of nitrogens with one attached hydrogen (secondary N) is 1. The molecule has 0 spiro atoms. The number of methoxy groups -OCH3 is 1. The Morgan fingerprint density at radius 3 is 2.35 bits per heavy atom. The molecule has 0 saturated heterocycles. The third-order valence-electron chi connectivity index (χ3n) is 4.50. The van der Waals surface area contributed by atoms with Crippen LogP contribution >= 0.6 is 0 Å². The van der Waals surface area contributed by atoms with Gasteiger partial charge in [0.2, 0.25) is 0 Å². The molecule has 0 radical (unpaired) electrons. The van der Waals surface area contributed by atoms with E-state index in [4.69, 9.17) is 4.74 Å². The third kappa shape index (κ3) is 2.86. The predicted octanol–water partition coefficient (Wildman–Crippen LogP) is 6.09. The van der Waals surface area contributed by atoms with E-state index < -0.39 is 0 Å². The van der Waals surface area contributed by atoms with Gasteiger partial charge >= 0.3 is 0 Å². The van der Waals surface area contributed by atoms with Gasteiger partial charge in [-0.05, 0) is 46.7 Å². The predicted molar refractivity (Wildman–Crippen MR) is 98.5 cm³/mol. The Hall–Kier alpha value is -2.22. The van der Waals surface area contributed by atoms with Crippen molar-refractivity contribution in [2.24, 2.45) is 0 Å². The minimum Gasteiger partial charge on any atom is -0.495 e. The maximum absolute atomic E-state index is 5.54. The van der Waals surface area contributed by atoms with Gasteiger partial charge < -0.3 is 9.72 Å². The van der Waals surface area contributed by atoms with Gasteiger partial charge in [-0.3, -0.25) is 0 Å². The van der Waals surface area contributed by atoms with E-state index in [-0.39, 0.29) is 0 Å². The second kappa shape index (κ2) is 6.11. The number of hydrogen-bond donors (Lipinski definition) is 1. The van der Waals surface area contributed by atoms with E-state index in [9.17, 15) is 0 Å². The van der Waals surface area contributed by atoms with Crippen molar-refractivity contribution < 1.29 is 4.74 Å². The van der Waals surface area contributed by atoms with Gasteiger partial charge in [-0.15, -0.1) is 0 Å². The largest absolute Gasteiger partial charge is 0.495 e. The lowest BCUT2D eigenvalue weighted by atomic mass is 9.97. The van der Waals surface area contributed by atoms with Crippen LogP contribution in [0, 0.1) is 0 Å². The standard InChI is InChI=1S/C21H25NO/c1-13(2)15-7-6-8-16(11-15)19-12-18-17(14(3)4)9-10-20(23-5)21(18)22-19/h6-14,22H,1-5H3. The fourth-order valence-electron chi connectivity index (χ4n) is 3.11. The molecule has 3 rings (SSSR count). The highest BCUT2D eigenvalue weighted by molar-refractivity contribution is 5.93. The molecule has 120 valence electrons. The SMILES string of the molecule is COc1ccc(C(C)C)c2cc(-c3cccc(C(C)C)c3)[nH]c12. The maximum Gasteiger partial charge on any atom is 0.142 e. The maximum atomic E-state index is 5.54. The van der Waals surface area contributed by atoms with E-state index in [0.29, 0.717) is 11.8 Å². The van der Waals surface area contributed by atoms with E-state index in [2.05, 4.69) is 75.1 Å². The van der Waals surface area contributed by atoms with Crippen molar-refractivity contribution in [3.8, 4) is 17.0 Å². The Balaban J connectivity index is 2.20. The lowest BCUT2D eigenvalue weighted by Gasteiger charge is -2.09. The minimum absolute atomic E-state index is 0.481. The number of benzene rings is 2. The number of aromatic amines is 1. The monoisotopic (exact) mass is 307 g/mol. The van der Waals surface area contributed by atoms with Crippen LogP contribution in [0.15, 0.2) is 42.5 Å². The van der Waals surface area contributed by atoms with E-state index in [1.165, 1.54) is 22.1 Å². The number of rotatable bonds is 4. The van der Waals surface area contributed by atoms with E-state index in [1.807, 2.05) is 0 Å². The highest BCUT2D eigenvalue weighted by Crippen LogP contribution is 2.35. The molecule has 1 N–H and O–H groups in total. The molecule has 0 aliphatic heterocycles. The molecular weight excluding hydrogens is 282 g/mol. The smallest absolute Gasteiger partial charge is 0.142 e. The number of ether oxygens (including phenoxy) is 1. The van der Waals surface area contributed by atoms with Gasteiger partial charge in [-0.2, -0.15) is 0 Å². The summed E-state index contributed by atoms with van der Waals surface area (Å²) in [5.74, 6) is 1.91. The van der Waals surface area contributed by atoms with Crippen LogP contribution < -0.4 is 4.74 Å². The lowest BCUT2D eigenvalue weighted by Crippen LogP contribution is -1.91. The van der Waals surface area contributed by atoms with E-state index in [1.54, 1.807) is 7.11 Å². The summed E-state index contributed by atoms with van der Waals surface area (Å²) in [5.41, 5.74) is 6.17. The zero-order valence-corrected chi connectivity index (χ0v) is 14.6. The molecule has 2 nitrogen and oxygen atoms in total. The fourth-order valence-corrected chi connectivity index (χ4v) is 3.11. The summed E-state index contributed by atoms with van der Waals surface area (Å²) in [6, 6.07) is 15.3. The van der Waals surface area contributed by atoms with Gasteiger partial charge in [0, 0.05) is 11.1 Å². The zero-order valence-electron chi connectivity index (χ0n) is 14.6. The van der Waals surface area contributed by atoms with Crippen molar-refractivity contribution in [1.82, 2.24) is 4.98 Å². The molecule has 1 aromatic heterocycles. The summed E-state index contributed by atoms with van der Waals surface area (Å²) in [7, 11) is 1.73. The molecule has 0 bridgehead atoms. The summed E-state index contributed by atoms with van der Waals surface area (Å²) >= 11 is 0. The topological polar surface area (TPSA) is 25.0 Å². The first kappa shape index (κ1) is 15.7. The molecule has 0 amide bonds. The van der Waals surface area contributed by atoms with Crippen LogP contribution in [-0.2, 0) is 0 Å². The molecule has 0 saturated carbocycles. The van der Waals surface area contributed by atoms with Crippen molar-refractivity contribution in [1.29, 1.82) is 0 Å². The minimum atomic E-state index is 0.481. The quantitative estimate of drug-likeness (QED) is 0.620. The molecule has 0 fully saturated rings. The van der Waals surface area contributed by atoms with Crippen LogP contribution in [0.2, 0.25) is 0 Å². The fraction of sp³-hybridized carbons (Fsp3) is 0.333. The van der Waals surface area contributed by atoms with Crippen molar-refractivity contribution in [3.63, 3.8) is 0 Å². The second-order valence-corrected chi connectivity index (χ2v) is 6.76. The van der Waals surface area contributed by atoms with E-state index >= 15 is 0 Å². The summed E-state index contributed by atoms with van der Waals surface area (Å²) in [4.78, 5) is 3.57. The highest BCUT2D eigenvalue weighted by atomic mass is 16.5. The summed E-state index contributed by atoms with van der Waals surface area (Å²) in [6.45, 7) is 8.91. The number of hydrogen-bond acceptors (Lipinski definition) is 1. The van der Waals surface area contributed by atoms with Gasteiger partial charge in [0.05, 0.1) is 12.6 Å². The Morgan fingerprint density at radius 1 is 0.913 bits per heavy atom. The number of fused-ring (bicyclic) bond motifs is 1. The van der Waals surface area contributed by atoms with Crippen LogP contribution in [0.3, 0.4) is 0 Å². The van der Waals surface area contributed by atoms with Crippen LogP contribution in [-0.4, -0.2) is 12.1 Å². The average Bonchev–Trinajstić information content (AvgIpc) is 2.98. The summed E-state index contributed by atoms with van der Waals surface area (Å²) in [6.07, 6.45) is 0. The lowest BCUT2D eigenvalue weighted by molar-refractivity contribution is 0.419. The van der Waals surface area contributed by atoms with Gasteiger partial charge in [0.15, 0.2) is 0 Å². The van der Waals surface area contributed by atoms with Gasteiger partial charge in [-0.25, -0.2) is 0 Å². The Kier molecular flexibility index (Phi) is 4.16. The molecule has 0 aliphatic carbocycles. The first-order chi connectivity index (χ1) is 11.0. The Labute approximate surface area is 138 Å². The highest BCUT2D eigenvalue weighted by Gasteiger charge is 2.14. The summed E-state index contributed by atoms with van der Waals surface area (Å²) in [5, 5.41) is 1.25.